The quantitative estimate of drug-likeness (QED) is 0.642. The van der Waals surface area contributed by atoms with Crippen LogP contribution in [0.25, 0.3) is 10.9 Å². The van der Waals surface area contributed by atoms with E-state index in [-0.39, 0.29) is 5.88 Å². The van der Waals surface area contributed by atoms with Gasteiger partial charge in [-0.3, -0.25) is 4.57 Å². The van der Waals surface area contributed by atoms with E-state index < -0.39 is 0 Å². The summed E-state index contributed by atoms with van der Waals surface area (Å²) in [5.74, 6) is 0.207. The number of H-pyrrole nitrogens is 2. The van der Waals surface area contributed by atoms with Gasteiger partial charge in [0.05, 0.1) is 5.69 Å². The zero-order valence-electron chi connectivity index (χ0n) is 12.2. The Labute approximate surface area is 128 Å². The maximum atomic E-state index is 10.1. The molecule has 0 spiro atoms. The van der Waals surface area contributed by atoms with E-state index in [9.17, 15) is 5.11 Å². The molecule has 1 aromatic carbocycles. The van der Waals surface area contributed by atoms with Crippen molar-refractivity contribution in [3.05, 3.63) is 46.0 Å². The smallest absolute Gasteiger partial charge is 0.213 e. The standard InChI is InChI=1S/C16H19N3OS/c1-3-4-10-5-6-13-12(7-10)11(9-17-13)8-14-15(20)19(2)16(21)18-14/h5-7,9,17,20H,3-4,8H2,1-2H3,(H,18,21). The molecule has 0 saturated carbocycles. The fourth-order valence-corrected chi connectivity index (χ4v) is 2.91. The number of aryl methyl sites for hydroxylation is 1. The van der Waals surface area contributed by atoms with Gasteiger partial charge in [-0.1, -0.05) is 19.4 Å². The first kappa shape index (κ1) is 13.9. The third-order valence-corrected chi connectivity index (χ3v) is 4.26. The van der Waals surface area contributed by atoms with Gasteiger partial charge in [0.1, 0.15) is 0 Å². The predicted molar refractivity (Wildman–Crippen MR) is 87.4 cm³/mol. The second kappa shape index (κ2) is 5.41. The van der Waals surface area contributed by atoms with Crippen molar-refractivity contribution in [2.45, 2.75) is 26.2 Å². The van der Waals surface area contributed by atoms with Crippen molar-refractivity contribution in [3.8, 4) is 5.88 Å². The van der Waals surface area contributed by atoms with E-state index in [2.05, 4.69) is 35.1 Å². The minimum absolute atomic E-state index is 0.207. The van der Waals surface area contributed by atoms with Crippen LogP contribution in [0, 0.1) is 4.77 Å². The molecule has 2 aromatic heterocycles. The lowest BCUT2D eigenvalue weighted by Gasteiger charge is -2.02. The van der Waals surface area contributed by atoms with E-state index in [1.165, 1.54) is 10.9 Å². The number of aromatic hydroxyl groups is 1. The zero-order valence-corrected chi connectivity index (χ0v) is 13.0. The number of hydrogen-bond acceptors (Lipinski definition) is 2. The number of imidazole rings is 1. The number of aromatic nitrogens is 3. The fourth-order valence-electron chi connectivity index (χ4n) is 2.70. The molecule has 0 radical (unpaired) electrons. The molecular formula is C16H19N3OS. The van der Waals surface area contributed by atoms with Crippen molar-refractivity contribution in [1.82, 2.24) is 14.5 Å². The molecule has 3 aromatic rings. The van der Waals surface area contributed by atoms with E-state index in [4.69, 9.17) is 12.2 Å². The Bertz CT molecular complexity index is 841. The van der Waals surface area contributed by atoms with Gasteiger partial charge >= 0.3 is 0 Å². The lowest BCUT2D eigenvalue weighted by Crippen LogP contribution is -1.90. The molecular weight excluding hydrogens is 282 g/mol. The predicted octanol–water partition coefficient (Wildman–Crippen LogP) is 3.81. The molecule has 0 atom stereocenters. The van der Waals surface area contributed by atoms with Crippen LogP contribution >= 0.6 is 12.2 Å². The zero-order chi connectivity index (χ0) is 15.0. The molecule has 0 unspecified atom stereocenters. The summed E-state index contributed by atoms with van der Waals surface area (Å²) in [5.41, 5.74) is 4.38. The van der Waals surface area contributed by atoms with E-state index in [1.807, 2.05) is 6.20 Å². The molecule has 0 fully saturated rings. The molecule has 0 amide bonds. The highest BCUT2D eigenvalue weighted by molar-refractivity contribution is 7.71. The van der Waals surface area contributed by atoms with Gasteiger partial charge in [-0.2, -0.15) is 0 Å². The molecule has 0 aliphatic rings. The number of fused-ring (bicyclic) bond motifs is 1. The first-order valence-corrected chi connectivity index (χ1v) is 7.56. The number of rotatable bonds is 4. The van der Waals surface area contributed by atoms with Crippen LogP contribution in [0.4, 0.5) is 0 Å². The van der Waals surface area contributed by atoms with Gasteiger partial charge < -0.3 is 15.1 Å². The van der Waals surface area contributed by atoms with Gasteiger partial charge in [-0.05, 0) is 41.9 Å². The fraction of sp³-hybridized carbons (Fsp3) is 0.312. The van der Waals surface area contributed by atoms with Crippen molar-refractivity contribution in [2.24, 2.45) is 7.05 Å². The Morgan fingerprint density at radius 3 is 2.81 bits per heavy atom. The van der Waals surface area contributed by atoms with E-state index >= 15 is 0 Å². The van der Waals surface area contributed by atoms with E-state index in [0.29, 0.717) is 11.2 Å². The summed E-state index contributed by atoms with van der Waals surface area (Å²) in [7, 11) is 1.76. The summed E-state index contributed by atoms with van der Waals surface area (Å²) < 4.78 is 2.12. The minimum atomic E-state index is 0.207. The Balaban J connectivity index is 2.01. The summed E-state index contributed by atoms with van der Waals surface area (Å²) in [4.78, 5) is 6.36. The average Bonchev–Trinajstić information content (AvgIpc) is 2.97. The molecule has 21 heavy (non-hydrogen) atoms. The molecule has 5 heteroatoms. The largest absolute Gasteiger partial charge is 0.493 e. The van der Waals surface area contributed by atoms with Crippen molar-refractivity contribution < 1.29 is 5.11 Å². The van der Waals surface area contributed by atoms with Crippen LogP contribution in [0.1, 0.15) is 30.2 Å². The van der Waals surface area contributed by atoms with Crippen molar-refractivity contribution in [1.29, 1.82) is 0 Å². The Hall–Kier alpha value is -2.01. The maximum absolute atomic E-state index is 10.1. The highest BCUT2D eigenvalue weighted by Crippen LogP contribution is 2.25. The highest BCUT2D eigenvalue weighted by Gasteiger charge is 2.12. The maximum Gasteiger partial charge on any atom is 0.213 e. The summed E-state index contributed by atoms with van der Waals surface area (Å²) in [6, 6.07) is 6.52. The topological polar surface area (TPSA) is 56.7 Å². The number of nitrogens with one attached hydrogen (secondary N) is 2. The van der Waals surface area contributed by atoms with Gasteiger partial charge in [-0.15, -0.1) is 0 Å². The average molecular weight is 301 g/mol. The SMILES string of the molecule is CCCc1ccc2[nH]cc(Cc3[nH]c(=S)n(C)c3O)c2c1. The first-order valence-electron chi connectivity index (χ1n) is 7.16. The summed E-state index contributed by atoms with van der Waals surface area (Å²) in [5, 5.41) is 11.3. The Kier molecular flexibility index (Phi) is 3.59. The molecule has 0 aliphatic carbocycles. The third-order valence-electron chi connectivity index (χ3n) is 3.89. The van der Waals surface area contributed by atoms with Crippen LogP contribution in [0.15, 0.2) is 24.4 Å². The van der Waals surface area contributed by atoms with Gasteiger partial charge in [0.15, 0.2) is 4.77 Å². The lowest BCUT2D eigenvalue weighted by atomic mass is 10.0. The molecule has 0 saturated heterocycles. The number of aromatic amines is 2. The van der Waals surface area contributed by atoms with Crippen LogP contribution in [-0.4, -0.2) is 19.6 Å². The van der Waals surface area contributed by atoms with Gasteiger partial charge in [0.2, 0.25) is 5.88 Å². The normalized spacial score (nSPS) is 11.3. The van der Waals surface area contributed by atoms with Gasteiger partial charge in [-0.25, -0.2) is 0 Å². The molecule has 4 nitrogen and oxygen atoms in total. The van der Waals surface area contributed by atoms with Crippen LogP contribution in [0.3, 0.4) is 0 Å². The van der Waals surface area contributed by atoms with E-state index in [0.717, 1.165) is 29.6 Å². The summed E-state index contributed by atoms with van der Waals surface area (Å²) >= 11 is 5.15. The van der Waals surface area contributed by atoms with Crippen LogP contribution in [0.5, 0.6) is 5.88 Å². The summed E-state index contributed by atoms with van der Waals surface area (Å²) in [6.45, 7) is 2.18. The monoisotopic (exact) mass is 301 g/mol. The Morgan fingerprint density at radius 2 is 2.14 bits per heavy atom. The number of benzene rings is 1. The third kappa shape index (κ3) is 2.49. The molecule has 3 N–H and O–H groups in total. The number of nitrogens with zero attached hydrogens (tertiary/aromatic N) is 1. The van der Waals surface area contributed by atoms with Crippen molar-refractivity contribution >= 4 is 23.1 Å². The van der Waals surface area contributed by atoms with Crippen molar-refractivity contribution in [2.75, 3.05) is 0 Å². The van der Waals surface area contributed by atoms with Gasteiger partial charge in [0.25, 0.3) is 0 Å². The molecule has 0 aliphatic heterocycles. The van der Waals surface area contributed by atoms with Crippen LogP contribution in [0.2, 0.25) is 0 Å². The second-order valence-corrected chi connectivity index (χ2v) is 5.80. The van der Waals surface area contributed by atoms with Gasteiger partial charge in [0, 0.05) is 30.6 Å². The molecule has 110 valence electrons. The molecule has 2 heterocycles. The van der Waals surface area contributed by atoms with E-state index in [1.54, 1.807) is 11.6 Å². The van der Waals surface area contributed by atoms with Crippen LogP contribution < -0.4 is 0 Å². The van der Waals surface area contributed by atoms with Crippen LogP contribution in [-0.2, 0) is 19.9 Å². The minimum Gasteiger partial charge on any atom is -0.493 e. The van der Waals surface area contributed by atoms with Crippen molar-refractivity contribution in [3.63, 3.8) is 0 Å². The lowest BCUT2D eigenvalue weighted by molar-refractivity contribution is 0.426. The highest BCUT2D eigenvalue weighted by atomic mass is 32.1. The molecule has 0 bridgehead atoms. The first-order chi connectivity index (χ1) is 10.1. The molecule has 3 rings (SSSR count). The number of hydrogen-bond donors (Lipinski definition) is 3. The Morgan fingerprint density at radius 1 is 1.33 bits per heavy atom. The second-order valence-electron chi connectivity index (χ2n) is 5.41. The summed E-state index contributed by atoms with van der Waals surface area (Å²) in [6.07, 6.45) is 4.85.